The van der Waals surface area contributed by atoms with Crippen LogP contribution in [0.2, 0.25) is 0 Å². The van der Waals surface area contributed by atoms with Crippen molar-refractivity contribution in [1.29, 1.82) is 0 Å². The van der Waals surface area contributed by atoms with E-state index >= 15 is 0 Å². The minimum Gasteiger partial charge on any atom is -0.396 e. The number of rotatable bonds is 2. The quantitative estimate of drug-likeness (QED) is 0.876. The predicted molar refractivity (Wildman–Crippen MR) is 70.3 cm³/mol. The molecule has 0 bridgehead atoms. The van der Waals surface area contributed by atoms with Crippen LogP contribution in [0.4, 0.5) is 24.5 Å². The van der Waals surface area contributed by atoms with Gasteiger partial charge in [-0.2, -0.15) is 13.2 Å². The number of hydrogen-bond acceptors (Lipinski definition) is 4. The maximum absolute atomic E-state index is 12.7. The fourth-order valence-electron chi connectivity index (χ4n) is 3.20. The molecule has 4 nitrogen and oxygen atoms in total. The van der Waals surface area contributed by atoms with Crippen LogP contribution in [0.25, 0.3) is 0 Å². The molecule has 3 rings (SSSR count). The molecular weight excluding hydrogens is 269 g/mol. The monoisotopic (exact) mass is 286 g/mol. The van der Waals surface area contributed by atoms with Gasteiger partial charge >= 0.3 is 6.18 Å². The molecule has 0 saturated carbocycles. The molecule has 1 aromatic heterocycles. The number of aromatic nitrogens is 1. The zero-order valence-corrected chi connectivity index (χ0v) is 11.0. The topological polar surface area (TPSA) is 54.2 Å². The Kier molecular flexibility index (Phi) is 3.24. The number of hydrogen-bond donors (Lipinski definition) is 2. The molecule has 0 spiro atoms. The molecule has 2 atom stereocenters. The Morgan fingerprint density at radius 3 is 2.85 bits per heavy atom. The highest BCUT2D eigenvalue weighted by Crippen LogP contribution is 2.34. The number of halogens is 3. The predicted octanol–water partition coefficient (Wildman–Crippen LogP) is 2.33. The lowest BCUT2D eigenvalue weighted by molar-refractivity contribution is -0.141. The molecule has 2 aliphatic rings. The van der Waals surface area contributed by atoms with Crippen LogP contribution >= 0.6 is 0 Å². The van der Waals surface area contributed by atoms with E-state index in [1.165, 1.54) is 0 Å². The second-order valence-corrected chi connectivity index (χ2v) is 5.44. The normalized spacial score (nSPS) is 26.8. The highest BCUT2D eigenvalue weighted by atomic mass is 19.4. The van der Waals surface area contributed by atoms with Crippen molar-refractivity contribution in [2.75, 3.05) is 24.1 Å². The molecule has 2 saturated heterocycles. The summed E-state index contributed by atoms with van der Waals surface area (Å²) in [5.74, 6) is 0. The summed E-state index contributed by atoms with van der Waals surface area (Å²) in [7, 11) is 0. The summed E-state index contributed by atoms with van der Waals surface area (Å²) in [5, 5.41) is 3.19. The van der Waals surface area contributed by atoms with Gasteiger partial charge < -0.3 is 11.1 Å². The summed E-state index contributed by atoms with van der Waals surface area (Å²) in [6.45, 7) is 2.09. The van der Waals surface area contributed by atoms with Gasteiger partial charge in [0, 0.05) is 18.6 Å². The van der Waals surface area contributed by atoms with E-state index in [0.717, 1.165) is 44.6 Å². The lowest BCUT2D eigenvalue weighted by atomic mass is 10.1. The number of nitrogens with two attached hydrogens (primary N) is 1. The third-order valence-corrected chi connectivity index (χ3v) is 4.17. The number of nitrogens with zero attached hydrogens (tertiary/aromatic N) is 2. The van der Waals surface area contributed by atoms with E-state index in [1.54, 1.807) is 0 Å². The van der Waals surface area contributed by atoms with Crippen molar-refractivity contribution in [3.05, 3.63) is 18.0 Å². The Balaban J connectivity index is 1.80. The Hall–Kier alpha value is -1.50. The lowest BCUT2D eigenvalue weighted by Crippen LogP contribution is -2.34. The van der Waals surface area contributed by atoms with E-state index in [1.807, 2.05) is 0 Å². The van der Waals surface area contributed by atoms with Gasteiger partial charge in [-0.1, -0.05) is 0 Å². The highest BCUT2D eigenvalue weighted by Gasteiger charge is 2.38. The third-order valence-electron chi connectivity index (χ3n) is 4.17. The van der Waals surface area contributed by atoms with Crippen LogP contribution < -0.4 is 11.1 Å². The molecule has 20 heavy (non-hydrogen) atoms. The van der Waals surface area contributed by atoms with E-state index in [-0.39, 0.29) is 11.7 Å². The molecule has 0 aromatic carbocycles. The van der Waals surface area contributed by atoms with Crippen molar-refractivity contribution < 1.29 is 13.2 Å². The number of pyridine rings is 1. The number of anilines is 2. The van der Waals surface area contributed by atoms with Crippen LogP contribution in [0, 0.1) is 0 Å². The van der Waals surface area contributed by atoms with Crippen LogP contribution in [-0.2, 0) is 6.18 Å². The summed E-state index contributed by atoms with van der Waals surface area (Å²) >= 11 is 0. The maximum atomic E-state index is 12.7. The lowest BCUT2D eigenvalue weighted by Gasteiger charge is -2.23. The molecule has 3 N–H and O–H groups in total. The van der Waals surface area contributed by atoms with Crippen LogP contribution in [0.5, 0.6) is 0 Å². The van der Waals surface area contributed by atoms with Crippen LogP contribution in [0.1, 0.15) is 25.0 Å². The Labute approximate surface area is 115 Å². The maximum Gasteiger partial charge on any atom is 0.433 e. The summed E-state index contributed by atoms with van der Waals surface area (Å²) in [5.41, 5.74) is 5.43. The van der Waals surface area contributed by atoms with Crippen molar-refractivity contribution in [1.82, 2.24) is 9.88 Å². The van der Waals surface area contributed by atoms with Gasteiger partial charge in [0.25, 0.3) is 0 Å². The smallest absolute Gasteiger partial charge is 0.396 e. The number of nitrogen functional groups attached to an aromatic ring is 1. The van der Waals surface area contributed by atoms with Crippen molar-refractivity contribution in [3.8, 4) is 0 Å². The van der Waals surface area contributed by atoms with Crippen molar-refractivity contribution in [2.45, 2.75) is 37.5 Å². The first-order valence-corrected chi connectivity index (χ1v) is 6.78. The number of alkyl halides is 3. The second-order valence-electron chi connectivity index (χ2n) is 5.44. The second kappa shape index (κ2) is 4.80. The van der Waals surface area contributed by atoms with Crippen LogP contribution in [0.15, 0.2) is 12.3 Å². The van der Waals surface area contributed by atoms with Gasteiger partial charge in [-0.15, -0.1) is 0 Å². The molecule has 0 amide bonds. The minimum atomic E-state index is -4.45. The molecule has 3 heterocycles. The van der Waals surface area contributed by atoms with Gasteiger partial charge in [0.15, 0.2) is 0 Å². The first-order chi connectivity index (χ1) is 9.45. The summed E-state index contributed by atoms with van der Waals surface area (Å²) in [4.78, 5) is 5.74. The molecule has 7 heteroatoms. The molecule has 1 aromatic rings. The van der Waals surface area contributed by atoms with E-state index in [2.05, 4.69) is 15.2 Å². The van der Waals surface area contributed by atoms with Crippen LogP contribution in [-0.4, -0.2) is 35.1 Å². The summed E-state index contributed by atoms with van der Waals surface area (Å²) in [6, 6.07) is 1.59. The van der Waals surface area contributed by atoms with Gasteiger partial charge in [0.2, 0.25) is 0 Å². The molecule has 0 aliphatic carbocycles. The zero-order valence-electron chi connectivity index (χ0n) is 11.0. The van der Waals surface area contributed by atoms with Gasteiger partial charge in [0.05, 0.1) is 17.6 Å². The SMILES string of the molecule is Nc1cnc(C(F)(F)F)cc1NC1CCN2CCCC12. The Morgan fingerprint density at radius 1 is 1.30 bits per heavy atom. The molecule has 2 fully saturated rings. The first kappa shape index (κ1) is 13.5. The summed E-state index contributed by atoms with van der Waals surface area (Å²) in [6.07, 6.45) is -0.184. The summed E-state index contributed by atoms with van der Waals surface area (Å²) < 4.78 is 38.1. The molecule has 0 radical (unpaired) electrons. The van der Waals surface area contributed by atoms with E-state index in [9.17, 15) is 13.2 Å². The Bertz CT molecular complexity index is 503. The standard InChI is InChI=1S/C13H17F3N4/c14-13(15,16)12-6-10(8(17)7-18-12)19-9-3-5-20-4-1-2-11(9)20/h6-7,9,11H,1-5,17H2,(H,18,19). The van der Waals surface area contributed by atoms with E-state index in [0.29, 0.717) is 11.7 Å². The molecular formula is C13H17F3N4. The van der Waals surface area contributed by atoms with Gasteiger partial charge in [0.1, 0.15) is 5.69 Å². The minimum absolute atomic E-state index is 0.170. The molecule has 2 unspecified atom stereocenters. The van der Waals surface area contributed by atoms with Gasteiger partial charge in [-0.05, 0) is 31.9 Å². The average molecular weight is 286 g/mol. The largest absolute Gasteiger partial charge is 0.433 e. The zero-order chi connectivity index (χ0) is 14.3. The van der Waals surface area contributed by atoms with Gasteiger partial charge in [-0.25, -0.2) is 4.98 Å². The van der Waals surface area contributed by atoms with Crippen molar-refractivity contribution in [2.24, 2.45) is 0 Å². The van der Waals surface area contributed by atoms with Crippen molar-refractivity contribution >= 4 is 11.4 Å². The fourth-order valence-corrected chi connectivity index (χ4v) is 3.20. The third kappa shape index (κ3) is 2.42. The fraction of sp³-hybridized carbons (Fsp3) is 0.615. The molecule has 110 valence electrons. The number of nitrogens with one attached hydrogen (secondary N) is 1. The van der Waals surface area contributed by atoms with Gasteiger partial charge in [-0.3, -0.25) is 4.90 Å². The highest BCUT2D eigenvalue weighted by molar-refractivity contribution is 5.66. The Morgan fingerprint density at radius 2 is 2.10 bits per heavy atom. The molecule has 2 aliphatic heterocycles. The van der Waals surface area contributed by atoms with E-state index < -0.39 is 11.9 Å². The van der Waals surface area contributed by atoms with E-state index in [4.69, 9.17) is 5.73 Å². The first-order valence-electron chi connectivity index (χ1n) is 6.78. The number of fused-ring (bicyclic) bond motifs is 1. The van der Waals surface area contributed by atoms with Crippen LogP contribution in [0.3, 0.4) is 0 Å². The van der Waals surface area contributed by atoms with Crippen molar-refractivity contribution in [3.63, 3.8) is 0 Å². The average Bonchev–Trinajstić information content (AvgIpc) is 2.95.